The highest BCUT2D eigenvalue weighted by Crippen LogP contribution is 2.33. The average Bonchev–Trinajstić information content (AvgIpc) is 2.77. The highest BCUT2D eigenvalue weighted by molar-refractivity contribution is 7.99. The van der Waals surface area contributed by atoms with Crippen LogP contribution in [-0.2, 0) is 6.18 Å². The third-order valence-electron chi connectivity index (χ3n) is 2.50. The molecule has 0 aliphatic carbocycles. The van der Waals surface area contributed by atoms with Gasteiger partial charge in [-0.2, -0.15) is 26.3 Å². The Kier molecular flexibility index (Phi) is 4.51. The fourth-order valence-corrected chi connectivity index (χ4v) is 2.55. The lowest BCUT2D eigenvalue weighted by molar-refractivity contribution is -0.195. The molecule has 22 heavy (non-hydrogen) atoms. The lowest BCUT2D eigenvalue weighted by Gasteiger charge is -2.13. The van der Waals surface area contributed by atoms with Gasteiger partial charge < -0.3 is 5.11 Å². The van der Waals surface area contributed by atoms with Crippen LogP contribution in [0.25, 0.3) is 5.65 Å². The van der Waals surface area contributed by atoms with Crippen LogP contribution >= 0.6 is 23.4 Å². The number of aromatic nitrogens is 3. The number of aliphatic hydroxyl groups excluding tert-OH is 1. The molecule has 122 valence electrons. The molecule has 0 aromatic carbocycles. The zero-order valence-electron chi connectivity index (χ0n) is 10.3. The summed E-state index contributed by atoms with van der Waals surface area (Å²) in [7, 11) is 0. The molecule has 0 bridgehead atoms. The number of rotatable bonds is 3. The van der Waals surface area contributed by atoms with Gasteiger partial charge in [0.1, 0.15) is 0 Å². The highest BCUT2D eigenvalue weighted by atomic mass is 35.5. The number of hydrogen-bond acceptors (Lipinski definition) is 4. The van der Waals surface area contributed by atoms with E-state index in [9.17, 15) is 26.3 Å². The highest BCUT2D eigenvalue weighted by Gasteiger charge is 2.38. The van der Waals surface area contributed by atoms with Crippen LogP contribution in [0.3, 0.4) is 0 Å². The van der Waals surface area contributed by atoms with E-state index in [-0.39, 0.29) is 15.8 Å². The van der Waals surface area contributed by atoms with E-state index in [4.69, 9.17) is 16.7 Å². The third kappa shape index (κ3) is 3.58. The van der Waals surface area contributed by atoms with Gasteiger partial charge in [-0.15, -0.1) is 10.2 Å². The van der Waals surface area contributed by atoms with Gasteiger partial charge in [0.2, 0.25) is 0 Å². The molecule has 0 spiro atoms. The molecule has 0 aliphatic rings. The summed E-state index contributed by atoms with van der Waals surface area (Å²) in [5.74, 6) is -0.835. The van der Waals surface area contributed by atoms with Gasteiger partial charge in [-0.05, 0) is 6.07 Å². The lowest BCUT2D eigenvalue weighted by atomic mass is 10.3. The first-order valence-corrected chi connectivity index (χ1v) is 6.85. The van der Waals surface area contributed by atoms with Crippen molar-refractivity contribution >= 4 is 29.0 Å². The minimum absolute atomic E-state index is 0.126. The molecule has 0 unspecified atom stereocenters. The van der Waals surface area contributed by atoms with Crippen molar-refractivity contribution in [3.05, 3.63) is 22.8 Å². The van der Waals surface area contributed by atoms with Crippen LogP contribution < -0.4 is 0 Å². The third-order valence-corrected chi connectivity index (χ3v) is 3.80. The van der Waals surface area contributed by atoms with Gasteiger partial charge in [0.25, 0.3) is 0 Å². The average molecular weight is 366 g/mol. The first kappa shape index (κ1) is 17.2. The van der Waals surface area contributed by atoms with Crippen molar-refractivity contribution in [2.45, 2.75) is 23.6 Å². The molecule has 0 saturated heterocycles. The van der Waals surface area contributed by atoms with Crippen LogP contribution in [0.4, 0.5) is 26.3 Å². The number of hydrogen-bond donors (Lipinski definition) is 1. The molecule has 0 fully saturated rings. The molecule has 12 heteroatoms. The second-order valence-corrected chi connectivity index (χ2v) is 5.51. The zero-order chi connectivity index (χ0) is 16.7. The number of alkyl halides is 6. The Bertz CT molecular complexity index is 686. The fourth-order valence-electron chi connectivity index (χ4n) is 1.44. The van der Waals surface area contributed by atoms with Crippen molar-refractivity contribution < 1.29 is 31.4 Å². The standard InChI is InChI=1S/C10H6ClF6N3OS/c11-5-1-4(9(12,13)14)2-20-7(5)18-19-8(20)22-3-6(21)10(15,16)17/h1-2,6,21H,3H2/t6-/m1/s1. The first-order chi connectivity index (χ1) is 10.00. The maximum Gasteiger partial charge on any atom is 0.417 e. The molecule has 0 radical (unpaired) electrons. The summed E-state index contributed by atoms with van der Waals surface area (Å²) >= 11 is 6.07. The van der Waals surface area contributed by atoms with E-state index in [0.29, 0.717) is 24.0 Å². The molecule has 0 amide bonds. The van der Waals surface area contributed by atoms with Crippen LogP contribution in [0.1, 0.15) is 5.56 Å². The van der Waals surface area contributed by atoms with E-state index >= 15 is 0 Å². The normalized spacial score (nSPS) is 14.5. The van der Waals surface area contributed by atoms with Gasteiger partial charge in [0, 0.05) is 11.9 Å². The second-order valence-electron chi connectivity index (χ2n) is 4.12. The summed E-state index contributed by atoms with van der Waals surface area (Å²) in [4.78, 5) is 0. The smallest absolute Gasteiger partial charge is 0.383 e. The number of aliphatic hydroxyl groups is 1. The molecule has 1 atom stereocenters. The molecule has 0 saturated carbocycles. The van der Waals surface area contributed by atoms with Crippen molar-refractivity contribution in [2.24, 2.45) is 0 Å². The van der Waals surface area contributed by atoms with E-state index in [1.54, 1.807) is 0 Å². The first-order valence-electron chi connectivity index (χ1n) is 5.49. The number of nitrogens with zero attached hydrogens (tertiary/aromatic N) is 3. The van der Waals surface area contributed by atoms with Crippen LogP contribution in [-0.4, -0.2) is 37.7 Å². The minimum atomic E-state index is -4.83. The Labute approximate surface area is 128 Å². The molecule has 1 N–H and O–H groups in total. The summed E-state index contributed by atoms with van der Waals surface area (Å²) in [5.41, 5.74) is -1.22. The second kappa shape index (κ2) is 5.78. The van der Waals surface area contributed by atoms with E-state index in [1.165, 1.54) is 0 Å². The Balaban J connectivity index is 2.34. The zero-order valence-corrected chi connectivity index (χ0v) is 11.9. The quantitative estimate of drug-likeness (QED) is 0.669. The van der Waals surface area contributed by atoms with Gasteiger partial charge in [-0.25, -0.2) is 0 Å². The van der Waals surface area contributed by atoms with Crippen LogP contribution in [0, 0.1) is 0 Å². The number of pyridine rings is 1. The summed E-state index contributed by atoms with van der Waals surface area (Å²) in [6, 6.07) is 0.643. The fraction of sp³-hybridized carbons (Fsp3) is 0.400. The van der Waals surface area contributed by atoms with Gasteiger partial charge >= 0.3 is 12.4 Å². The van der Waals surface area contributed by atoms with E-state index < -0.39 is 29.8 Å². The monoisotopic (exact) mass is 365 g/mol. The van der Waals surface area contributed by atoms with Crippen LogP contribution in [0.15, 0.2) is 17.4 Å². The van der Waals surface area contributed by atoms with Crippen LogP contribution in [0.2, 0.25) is 5.02 Å². The molecule has 2 heterocycles. The number of fused-ring (bicyclic) bond motifs is 1. The van der Waals surface area contributed by atoms with Crippen molar-refractivity contribution in [1.29, 1.82) is 0 Å². The largest absolute Gasteiger partial charge is 0.417 e. The Hall–Kier alpha value is -1.20. The molecular formula is C10H6ClF6N3OS. The maximum atomic E-state index is 12.7. The molecule has 2 aromatic heterocycles. The van der Waals surface area contributed by atoms with E-state index in [2.05, 4.69) is 10.2 Å². The van der Waals surface area contributed by atoms with E-state index in [0.717, 1.165) is 4.40 Å². The van der Waals surface area contributed by atoms with Gasteiger partial charge in [-0.1, -0.05) is 23.4 Å². The number of thioether (sulfide) groups is 1. The predicted octanol–water partition coefficient (Wildman–Crippen LogP) is 3.42. The van der Waals surface area contributed by atoms with Crippen molar-refractivity contribution in [3.63, 3.8) is 0 Å². The van der Waals surface area contributed by atoms with Gasteiger partial charge in [0.05, 0.1) is 10.6 Å². The Morgan fingerprint density at radius 3 is 2.41 bits per heavy atom. The van der Waals surface area contributed by atoms with Gasteiger partial charge in [0.15, 0.2) is 16.9 Å². The summed E-state index contributed by atoms with van der Waals surface area (Å²) in [6.45, 7) is 0. The molecule has 0 aliphatic heterocycles. The summed E-state index contributed by atoms with van der Waals surface area (Å²) < 4.78 is 75.5. The number of halogens is 7. The SMILES string of the molecule is O[C@H](CSc1nnc2c(Cl)cc(C(F)(F)F)cn12)C(F)(F)F. The summed E-state index contributed by atoms with van der Waals surface area (Å²) in [6.07, 6.45) is -11.5. The maximum absolute atomic E-state index is 12.7. The van der Waals surface area contributed by atoms with Crippen molar-refractivity contribution in [3.8, 4) is 0 Å². The Morgan fingerprint density at radius 2 is 1.86 bits per heavy atom. The van der Waals surface area contributed by atoms with Crippen molar-refractivity contribution in [2.75, 3.05) is 5.75 Å². The predicted molar refractivity (Wildman–Crippen MR) is 65.8 cm³/mol. The van der Waals surface area contributed by atoms with Crippen LogP contribution in [0.5, 0.6) is 0 Å². The molecule has 4 nitrogen and oxygen atoms in total. The van der Waals surface area contributed by atoms with Gasteiger partial charge in [-0.3, -0.25) is 4.40 Å². The molecule has 2 aromatic rings. The minimum Gasteiger partial charge on any atom is -0.383 e. The molecule has 2 rings (SSSR count). The molecular weight excluding hydrogens is 360 g/mol. The summed E-state index contributed by atoms with van der Waals surface area (Å²) in [5, 5.41) is 15.3. The van der Waals surface area contributed by atoms with E-state index in [1.807, 2.05) is 0 Å². The Morgan fingerprint density at radius 1 is 1.23 bits per heavy atom. The lowest BCUT2D eigenvalue weighted by Crippen LogP contribution is -2.30. The van der Waals surface area contributed by atoms with Crippen molar-refractivity contribution in [1.82, 2.24) is 14.6 Å². The topological polar surface area (TPSA) is 50.4 Å².